The largest absolute Gasteiger partial charge is 0.307 e. The summed E-state index contributed by atoms with van der Waals surface area (Å²) in [5.41, 5.74) is -0.484. The Morgan fingerprint density at radius 2 is 2.14 bits per heavy atom. The molecule has 1 atom stereocenters. The van der Waals surface area contributed by atoms with E-state index in [4.69, 9.17) is 0 Å². The van der Waals surface area contributed by atoms with Gasteiger partial charge in [0.25, 0.3) is 11.5 Å². The van der Waals surface area contributed by atoms with Crippen LogP contribution in [0.4, 0.5) is 5.82 Å². The van der Waals surface area contributed by atoms with Crippen LogP contribution in [0.15, 0.2) is 28.4 Å². The van der Waals surface area contributed by atoms with Gasteiger partial charge in [-0.1, -0.05) is 25.6 Å². The molecule has 8 heteroatoms. The molecule has 0 saturated carbocycles. The molecule has 0 unspecified atom stereocenters. The fourth-order valence-electron chi connectivity index (χ4n) is 1.85. The van der Waals surface area contributed by atoms with Gasteiger partial charge in [-0.25, -0.2) is 9.67 Å². The molecule has 2 aromatic heterocycles. The fourth-order valence-corrected chi connectivity index (χ4v) is 2.20. The molecule has 0 fully saturated rings. The minimum atomic E-state index is -0.501. The number of thioether (sulfide) groups is 1. The molecule has 0 spiro atoms. The first-order chi connectivity index (χ1) is 10.4. The van der Waals surface area contributed by atoms with E-state index in [1.165, 1.54) is 18.0 Å². The maximum Gasteiger partial charge on any atom is 0.264 e. The first kappa shape index (κ1) is 16.3. The van der Waals surface area contributed by atoms with E-state index >= 15 is 0 Å². The second kappa shape index (κ2) is 6.78. The van der Waals surface area contributed by atoms with E-state index in [1.54, 1.807) is 23.2 Å². The van der Waals surface area contributed by atoms with E-state index in [1.807, 2.05) is 6.92 Å². The molecule has 2 rings (SSSR count). The van der Waals surface area contributed by atoms with Crippen LogP contribution >= 0.6 is 11.8 Å². The Labute approximate surface area is 132 Å². The molecular formula is C14H19N5O2S. The van der Waals surface area contributed by atoms with E-state index in [0.29, 0.717) is 16.9 Å². The summed E-state index contributed by atoms with van der Waals surface area (Å²) in [7, 11) is 0. The van der Waals surface area contributed by atoms with Crippen molar-refractivity contribution >= 4 is 23.5 Å². The van der Waals surface area contributed by atoms with Gasteiger partial charge in [-0.15, -0.1) is 0 Å². The minimum absolute atomic E-state index is 0.0252. The van der Waals surface area contributed by atoms with Gasteiger partial charge < -0.3 is 10.3 Å². The van der Waals surface area contributed by atoms with E-state index in [0.717, 1.165) is 0 Å². The third-order valence-corrected chi connectivity index (χ3v) is 4.07. The highest BCUT2D eigenvalue weighted by Gasteiger charge is 2.17. The van der Waals surface area contributed by atoms with Gasteiger partial charge in [-0.05, 0) is 19.1 Å². The number of nitrogens with one attached hydrogen (secondary N) is 2. The summed E-state index contributed by atoms with van der Waals surface area (Å²) >= 11 is 1.31. The predicted octanol–water partition coefficient (Wildman–Crippen LogP) is 2.16. The number of aromatic amines is 1. The van der Waals surface area contributed by atoms with E-state index in [2.05, 4.69) is 34.2 Å². The molecule has 118 valence electrons. The van der Waals surface area contributed by atoms with Crippen LogP contribution in [0.1, 0.15) is 37.2 Å². The molecule has 0 aliphatic heterocycles. The van der Waals surface area contributed by atoms with Crippen LogP contribution in [0.2, 0.25) is 0 Å². The molecule has 2 heterocycles. The number of H-pyrrole nitrogens is 1. The zero-order chi connectivity index (χ0) is 16.3. The number of carbonyl (C=O) groups excluding carboxylic acids is 1. The van der Waals surface area contributed by atoms with Crippen molar-refractivity contribution < 1.29 is 4.79 Å². The standard InChI is InChI=1S/C14H19N5O2S/c1-8(2)9(3)19-11(5-6-16-19)17-12(20)10-7-15-14(22-4)18-13(10)21/h5-9H,1-4H3,(H,17,20)(H,15,18,21)/t9-/m0/s1. The van der Waals surface area contributed by atoms with Crippen LogP contribution in [-0.2, 0) is 0 Å². The number of amides is 1. The third-order valence-electron chi connectivity index (χ3n) is 3.48. The minimum Gasteiger partial charge on any atom is -0.307 e. The normalized spacial score (nSPS) is 12.4. The topological polar surface area (TPSA) is 92.7 Å². The number of anilines is 1. The average molecular weight is 321 g/mol. The molecule has 2 N–H and O–H groups in total. The second-order valence-electron chi connectivity index (χ2n) is 5.24. The van der Waals surface area contributed by atoms with Crippen molar-refractivity contribution in [2.75, 3.05) is 11.6 Å². The quantitative estimate of drug-likeness (QED) is 0.650. The second-order valence-corrected chi connectivity index (χ2v) is 6.03. The van der Waals surface area contributed by atoms with Crippen molar-refractivity contribution in [2.45, 2.75) is 32.0 Å². The molecule has 0 aliphatic rings. The number of hydrogen-bond acceptors (Lipinski definition) is 5. The van der Waals surface area contributed by atoms with Crippen LogP contribution in [0.5, 0.6) is 0 Å². The summed E-state index contributed by atoms with van der Waals surface area (Å²) < 4.78 is 1.74. The maximum absolute atomic E-state index is 12.3. The molecule has 7 nitrogen and oxygen atoms in total. The molecular weight excluding hydrogens is 302 g/mol. The number of nitrogens with zero attached hydrogens (tertiary/aromatic N) is 3. The average Bonchev–Trinajstić information content (AvgIpc) is 2.93. The van der Waals surface area contributed by atoms with Crippen molar-refractivity contribution in [2.24, 2.45) is 5.92 Å². The molecule has 2 aromatic rings. The Balaban J connectivity index is 2.23. The lowest BCUT2D eigenvalue weighted by Crippen LogP contribution is -2.26. The van der Waals surface area contributed by atoms with Crippen molar-refractivity contribution in [3.8, 4) is 0 Å². The van der Waals surface area contributed by atoms with E-state index in [9.17, 15) is 9.59 Å². The molecule has 22 heavy (non-hydrogen) atoms. The van der Waals surface area contributed by atoms with Gasteiger partial charge in [0.1, 0.15) is 11.4 Å². The SMILES string of the molecule is CSc1ncc(C(=O)Nc2ccnn2[C@@H](C)C(C)C)c(=O)[nH]1. The summed E-state index contributed by atoms with van der Waals surface area (Å²) in [6, 6.07) is 1.83. The predicted molar refractivity (Wildman–Crippen MR) is 86.4 cm³/mol. The Bertz CT molecular complexity index is 722. The van der Waals surface area contributed by atoms with Gasteiger partial charge in [0.2, 0.25) is 0 Å². The maximum atomic E-state index is 12.3. The van der Waals surface area contributed by atoms with Crippen molar-refractivity contribution in [1.82, 2.24) is 19.7 Å². The smallest absolute Gasteiger partial charge is 0.264 e. The van der Waals surface area contributed by atoms with Gasteiger partial charge in [-0.2, -0.15) is 5.10 Å². The lowest BCUT2D eigenvalue weighted by molar-refractivity contribution is 0.102. The van der Waals surface area contributed by atoms with Crippen molar-refractivity contribution in [3.05, 3.63) is 34.4 Å². The lowest BCUT2D eigenvalue weighted by atomic mass is 10.1. The molecule has 0 saturated heterocycles. The first-order valence-electron chi connectivity index (χ1n) is 6.92. The highest BCUT2D eigenvalue weighted by Crippen LogP contribution is 2.21. The van der Waals surface area contributed by atoms with Crippen molar-refractivity contribution in [3.63, 3.8) is 0 Å². The van der Waals surface area contributed by atoms with Gasteiger partial charge in [0, 0.05) is 12.3 Å². The zero-order valence-corrected chi connectivity index (χ0v) is 13.8. The number of aromatic nitrogens is 4. The van der Waals surface area contributed by atoms with Crippen LogP contribution in [0.3, 0.4) is 0 Å². The summed E-state index contributed by atoms with van der Waals surface area (Å²) in [5.74, 6) is 0.417. The van der Waals surface area contributed by atoms with Gasteiger partial charge in [-0.3, -0.25) is 9.59 Å². The van der Waals surface area contributed by atoms with Crippen LogP contribution < -0.4 is 10.9 Å². The molecule has 0 aromatic carbocycles. The van der Waals surface area contributed by atoms with Crippen LogP contribution in [-0.4, -0.2) is 31.9 Å². The lowest BCUT2D eigenvalue weighted by Gasteiger charge is -2.19. The monoisotopic (exact) mass is 321 g/mol. The van der Waals surface area contributed by atoms with Crippen LogP contribution in [0.25, 0.3) is 0 Å². The molecule has 0 bridgehead atoms. The van der Waals surface area contributed by atoms with Gasteiger partial charge >= 0.3 is 0 Å². The van der Waals surface area contributed by atoms with Gasteiger partial charge in [0.15, 0.2) is 5.16 Å². The Hall–Kier alpha value is -2.09. The highest BCUT2D eigenvalue weighted by molar-refractivity contribution is 7.98. The summed E-state index contributed by atoms with van der Waals surface area (Å²) in [5, 5.41) is 7.42. The molecule has 0 radical (unpaired) electrons. The Morgan fingerprint density at radius 1 is 1.41 bits per heavy atom. The number of hydrogen-bond donors (Lipinski definition) is 2. The Kier molecular flexibility index (Phi) is 5.02. The third kappa shape index (κ3) is 3.38. The Morgan fingerprint density at radius 3 is 2.73 bits per heavy atom. The first-order valence-corrected chi connectivity index (χ1v) is 8.14. The summed E-state index contributed by atoms with van der Waals surface area (Å²) in [4.78, 5) is 30.7. The number of rotatable bonds is 5. The van der Waals surface area contributed by atoms with E-state index in [-0.39, 0.29) is 11.6 Å². The van der Waals surface area contributed by atoms with Crippen LogP contribution in [0, 0.1) is 5.92 Å². The van der Waals surface area contributed by atoms with Crippen molar-refractivity contribution in [1.29, 1.82) is 0 Å². The molecule has 0 aliphatic carbocycles. The van der Waals surface area contributed by atoms with E-state index < -0.39 is 11.5 Å². The summed E-state index contributed by atoms with van der Waals surface area (Å²) in [6.07, 6.45) is 4.70. The number of carbonyl (C=O) groups is 1. The zero-order valence-electron chi connectivity index (χ0n) is 13.0. The van der Waals surface area contributed by atoms with Gasteiger partial charge in [0.05, 0.1) is 12.2 Å². The summed E-state index contributed by atoms with van der Waals surface area (Å²) in [6.45, 7) is 6.18. The fraction of sp³-hybridized carbons (Fsp3) is 0.429. The molecule has 1 amide bonds. The highest BCUT2D eigenvalue weighted by atomic mass is 32.2.